The highest BCUT2D eigenvalue weighted by Gasteiger charge is 2.29. The molecule has 1 saturated carbocycles. The van der Waals surface area contributed by atoms with E-state index in [-0.39, 0.29) is 24.3 Å². The van der Waals surface area contributed by atoms with Crippen LogP contribution in [0.1, 0.15) is 12.8 Å². The number of halogens is 2. The van der Waals surface area contributed by atoms with Crippen LogP contribution in [0.4, 0.5) is 5.69 Å². The first-order valence-corrected chi connectivity index (χ1v) is 6.35. The fraction of sp³-hybridized carbons (Fsp3) is 0.333. The molecule has 1 aliphatic rings. The van der Waals surface area contributed by atoms with E-state index in [4.69, 9.17) is 23.2 Å². The number of carbonyl (C=O) groups is 2. The number of anilines is 1. The van der Waals surface area contributed by atoms with E-state index in [9.17, 15) is 9.59 Å². The van der Waals surface area contributed by atoms with Crippen molar-refractivity contribution in [1.82, 2.24) is 5.32 Å². The standard InChI is InChI=1S/C12H12Cl2N2O2/c13-8-2-1-3-9(11(8)14)16-10(17)6-15-12(18)7-4-5-7/h1-3,7H,4-6H2,(H,15,18)(H,16,17). The van der Waals surface area contributed by atoms with Crippen LogP contribution in [0, 0.1) is 5.92 Å². The van der Waals surface area contributed by atoms with Crippen LogP contribution in [0.15, 0.2) is 18.2 Å². The number of hydrogen-bond donors (Lipinski definition) is 2. The van der Waals surface area contributed by atoms with E-state index >= 15 is 0 Å². The van der Waals surface area contributed by atoms with Gasteiger partial charge in [0.25, 0.3) is 0 Å². The Morgan fingerprint density at radius 3 is 2.67 bits per heavy atom. The third kappa shape index (κ3) is 3.37. The van der Waals surface area contributed by atoms with E-state index in [2.05, 4.69) is 10.6 Å². The number of amides is 2. The smallest absolute Gasteiger partial charge is 0.243 e. The van der Waals surface area contributed by atoms with Crippen LogP contribution in [0.5, 0.6) is 0 Å². The highest BCUT2D eigenvalue weighted by atomic mass is 35.5. The molecule has 0 atom stereocenters. The number of carbonyl (C=O) groups excluding carboxylic acids is 2. The Hall–Kier alpha value is -1.26. The van der Waals surface area contributed by atoms with Gasteiger partial charge in [0.15, 0.2) is 0 Å². The van der Waals surface area contributed by atoms with Crippen molar-refractivity contribution in [2.24, 2.45) is 5.92 Å². The van der Waals surface area contributed by atoms with Crippen molar-refractivity contribution in [3.63, 3.8) is 0 Å². The molecule has 0 heterocycles. The van der Waals surface area contributed by atoms with E-state index in [0.29, 0.717) is 15.7 Å². The minimum atomic E-state index is -0.326. The lowest BCUT2D eigenvalue weighted by molar-refractivity contribution is -0.125. The maximum Gasteiger partial charge on any atom is 0.243 e. The molecule has 96 valence electrons. The Morgan fingerprint density at radius 2 is 2.00 bits per heavy atom. The van der Waals surface area contributed by atoms with Crippen LogP contribution in [-0.2, 0) is 9.59 Å². The second-order valence-corrected chi connectivity index (χ2v) is 4.93. The molecular weight excluding hydrogens is 275 g/mol. The van der Waals surface area contributed by atoms with E-state index in [0.717, 1.165) is 12.8 Å². The molecule has 2 amide bonds. The Kier molecular flexibility index (Phi) is 4.09. The van der Waals surface area contributed by atoms with Gasteiger partial charge < -0.3 is 10.6 Å². The lowest BCUT2D eigenvalue weighted by Gasteiger charge is -2.08. The molecule has 4 nitrogen and oxygen atoms in total. The molecule has 1 aliphatic carbocycles. The zero-order valence-electron chi connectivity index (χ0n) is 9.50. The maximum atomic E-state index is 11.6. The van der Waals surface area contributed by atoms with E-state index < -0.39 is 0 Å². The highest BCUT2D eigenvalue weighted by molar-refractivity contribution is 6.44. The van der Waals surface area contributed by atoms with Crippen molar-refractivity contribution in [2.45, 2.75) is 12.8 Å². The van der Waals surface area contributed by atoms with Crippen molar-refractivity contribution >= 4 is 40.7 Å². The summed E-state index contributed by atoms with van der Waals surface area (Å²) in [7, 11) is 0. The molecule has 2 N–H and O–H groups in total. The van der Waals surface area contributed by atoms with Crippen LogP contribution in [0.2, 0.25) is 10.0 Å². The van der Waals surface area contributed by atoms with Gasteiger partial charge in [-0.15, -0.1) is 0 Å². The molecule has 0 unspecified atom stereocenters. The molecule has 1 aromatic rings. The third-order valence-electron chi connectivity index (χ3n) is 2.60. The first-order valence-electron chi connectivity index (χ1n) is 5.59. The molecule has 1 fully saturated rings. The van der Waals surface area contributed by atoms with Crippen LogP contribution >= 0.6 is 23.2 Å². The Morgan fingerprint density at radius 1 is 1.28 bits per heavy atom. The normalized spacial score (nSPS) is 14.1. The summed E-state index contributed by atoms with van der Waals surface area (Å²) in [6.45, 7) is -0.0574. The molecule has 0 saturated heterocycles. The number of hydrogen-bond acceptors (Lipinski definition) is 2. The molecule has 2 rings (SSSR count). The van der Waals surface area contributed by atoms with Gasteiger partial charge in [0.2, 0.25) is 11.8 Å². The minimum absolute atomic E-state index is 0.0574. The van der Waals surface area contributed by atoms with Crippen molar-refractivity contribution in [3.8, 4) is 0 Å². The number of rotatable bonds is 4. The second kappa shape index (κ2) is 5.59. The monoisotopic (exact) mass is 286 g/mol. The molecular formula is C12H12Cl2N2O2. The third-order valence-corrected chi connectivity index (χ3v) is 3.42. The fourth-order valence-electron chi connectivity index (χ4n) is 1.45. The average molecular weight is 287 g/mol. The molecule has 6 heteroatoms. The van der Waals surface area contributed by atoms with Crippen LogP contribution in [0.25, 0.3) is 0 Å². The van der Waals surface area contributed by atoms with Gasteiger partial charge in [0.1, 0.15) is 0 Å². The molecule has 0 bridgehead atoms. The fourth-order valence-corrected chi connectivity index (χ4v) is 1.80. The molecule has 0 aliphatic heterocycles. The largest absolute Gasteiger partial charge is 0.347 e. The Labute approximate surface area is 115 Å². The first-order chi connectivity index (χ1) is 8.58. The van der Waals surface area contributed by atoms with Gasteiger partial charge in [-0.1, -0.05) is 29.3 Å². The van der Waals surface area contributed by atoms with E-state index in [1.807, 2.05) is 0 Å². The van der Waals surface area contributed by atoms with Gasteiger partial charge in [-0.05, 0) is 25.0 Å². The molecule has 0 aromatic heterocycles. The van der Waals surface area contributed by atoms with Gasteiger partial charge in [-0.25, -0.2) is 0 Å². The summed E-state index contributed by atoms with van der Waals surface area (Å²) >= 11 is 11.7. The number of nitrogens with one attached hydrogen (secondary N) is 2. The van der Waals surface area contributed by atoms with Gasteiger partial charge in [0.05, 0.1) is 22.3 Å². The van der Waals surface area contributed by atoms with Crippen molar-refractivity contribution in [3.05, 3.63) is 28.2 Å². The SMILES string of the molecule is O=C(CNC(=O)C1CC1)Nc1cccc(Cl)c1Cl. The summed E-state index contributed by atoms with van der Waals surface area (Å²) in [6, 6.07) is 4.97. The summed E-state index contributed by atoms with van der Waals surface area (Å²) in [5.41, 5.74) is 0.440. The van der Waals surface area contributed by atoms with E-state index in [1.54, 1.807) is 18.2 Å². The predicted molar refractivity (Wildman–Crippen MR) is 70.8 cm³/mol. The predicted octanol–water partition coefficient (Wildman–Crippen LogP) is 2.46. The van der Waals surface area contributed by atoms with Gasteiger partial charge >= 0.3 is 0 Å². The Bertz CT molecular complexity index is 487. The van der Waals surface area contributed by atoms with E-state index in [1.165, 1.54) is 0 Å². The molecule has 0 spiro atoms. The second-order valence-electron chi connectivity index (χ2n) is 4.14. The quantitative estimate of drug-likeness (QED) is 0.893. The summed E-state index contributed by atoms with van der Waals surface area (Å²) in [6.07, 6.45) is 1.82. The van der Waals surface area contributed by atoms with Crippen LogP contribution < -0.4 is 10.6 Å². The average Bonchev–Trinajstić information content (AvgIpc) is 3.16. The number of benzene rings is 1. The van der Waals surface area contributed by atoms with Crippen molar-refractivity contribution < 1.29 is 9.59 Å². The zero-order chi connectivity index (χ0) is 13.1. The topological polar surface area (TPSA) is 58.2 Å². The lowest BCUT2D eigenvalue weighted by Crippen LogP contribution is -2.33. The molecule has 0 radical (unpaired) electrons. The van der Waals surface area contributed by atoms with Crippen LogP contribution in [-0.4, -0.2) is 18.4 Å². The summed E-state index contributed by atoms with van der Waals surface area (Å²) in [5, 5.41) is 5.83. The maximum absolute atomic E-state index is 11.6. The minimum Gasteiger partial charge on any atom is -0.347 e. The summed E-state index contributed by atoms with van der Waals surface area (Å²) in [5.74, 6) is -0.303. The summed E-state index contributed by atoms with van der Waals surface area (Å²) < 4.78 is 0. The van der Waals surface area contributed by atoms with Crippen LogP contribution in [0.3, 0.4) is 0 Å². The van der Waals surface area contributed by atoms with Crippen molar-refractivity contribution in [2.75, 3.05) is 11.9 Å². The molecule has 1 aromatic carbocycles. The van der Waals surface area contributed by atoms with Gasteiger partial charge in [-0.3, -0.25) is 9.59 Å². The van der Waals surface area contributed by atoms with Crippen molar-refractivity contribution in [1.29, 1.82) is 0 Å². The Balaban J connectivity index is 1.86. The van der Waals surface area contributed by atoms with Gasteiger partial charge in [-0.2, -0.15) is 0 Å². The zero-order valence-corrected chi connectivity index (χ0v) is 11.0. The summed E-state index contributed by atoms with van der Waals surface area (Å²) in [4.78, 5) is 22.9. The lowest BCUT2D eigenvalue weighted by atomic mass is 10.3. The first kappa shape index (κ1) is 13.2. The van der Waals surface area contributed by atoms with Gasteiger partial charge in [0, 0.05) is 5.92 Å². The molecule has 18 heavy (non-hydrogen) atoms. The highest BCUT2D eigenvalue weighted by Crippen LogP contribution is 2.30.